The van der Waals surface area contributed by atoms with Crippen LogP contribution in [0.3, 0.4) is 0 Å². The van der Waals surface area contributed by atoms with Gasteiger partial charge in [0.1, 0.15) is 11.6 Å². The van der Waals surface area contributed by atoms with Crippen molar-refractivity contribution in [2.24, 2.45) is 0 Å². The molecule has 6 rings (SSSR count). The van der Waals surface area contributed by atoms with Crippen LogP contribution >= 0.6 is 0 Å². The van der Waals surface area contributed by atoms with Gasteiger partial charge in [0.05, 0.1) is 17.1 Å². The van der Waals surface area contributed by atoms with Crippen LogP contribution in [-0.4, -0.2) is 69.6 Å². The van der Waals surface area contributed by atoms with Crippen LogP contribution in [0.15, 0.2) is 60.8 Å². The third kappa shape index (κ3) is 5.06. The summed E-state index contributed by atoms with van der Waals surface area (Å²) in [6.07, 6.45) is 4.86. The van der Waals surface area contributed by atoms with Gasteiger partial charge in [0, 0.05) is 56.9 Å². The fourth-order valence-electron chi connectivity index (χ4n) is 5.68. The number of benzene rings is 2. The van der Waals surface area contributed by atoms with Crippen molar-refractivity contribution in [3.63, 3.8) is 0 Å². The van der Waals surface area contributed by atoms with Gasteiger partial charge in [-0.15, -0.1) is 0 Å². The number of imidazole rings is 1. The van der Waals surface area contributed by atoms with Crippen molar-refractivity contribution in [3.05, 3.63) is 83.6 Å². The molecule has 2 aliphatic heterocycles. The van der Waals surface area contributed by atoms with Crippen molar-refractivity contribution in [2.75, 3.05) is 45.6 Å². The van der Waals surface area contributed by atoms with E-state index in [0.29, 0.717) is 12.0 Å². The topological polar surface area (TPSA) is 62.1 Å². The second-order valence-corrected chi connectivity index (χ2v) is 10.5. The average molecular weight is 512 g/mol. The van der Waals surface area contributed by atoms with Crippen molar-refractivity contribution < 1.29 is 4.39 Å². The van der Waals surface area contributed by atoms with Crippen molar-refractivity contribution in [3.8, 4) is 22.6 Å². The second-order valence-electron chi connectivity index (χ2n) is 10.5. The predicted molar refractivity (Wildman–Crippen MR) is 148 cm³/mol. The minimum absolute atomic E-state index is 0.250. The minimum Gasteiger partial charge on any atom is -0.353 e. The molecule has 1 unspecified atom stereocenters. The first-order chi connectivity index (χ1) is 18.5. The van der Waals surface area contributed by atoms with Gasteiger partial charge in [-0.05, 0) is 68.4 Å². The summed E-state index contributed by atoms with van der Waals surface area (Å²) in [5.74, 6) is 1.43. The van der Waals surface area contributed by atoms with Gasteiger partial charge in [0.15, 0.2) is 0 Å². The first kappa shape index (κ1) is 24.7. The summed E-state index contributed by atoms with van der Waals surface area (Å²) in [4.78, 5) is 19.2. The summed E-state index contributed by atoms with van der Waals surface area (Å²) >= 11 is 0. The second kappa shape index (κ2) is 10.6. The Bertz CT molecular complexity index is 1410. The molecular weight excluding hydrogens is 477 g/mol. The fraction of sp³-hybridized carbons (Fsp3) is 0.367. The van der Waals surface area contributed by atoms with Crippen LogP contribution in [0, 0.1) is 5.82 Å². The highest BCUT2D eigenvalue weighted by Crippen LogP contribution is 2.40. The normalized spacial score (nSPS) is 17.0. The summed E-state index contributed by atoms with van der Waals surface area (Å²) in [5, 5.41) is 3.35. The van der Waals surface area contributed by atoms with Crippen LogP contribution in [0.5, 0.6) is 0 Å². The third-order valence-corrected chi connectivity index (χ3v) is 7.59. The molecule has 0 bridgehead atoms. The van der Waals surface area contributed by atoms with E-state index < -0.39 is 0 Å². The molecule has 7 nitrogen and oxygen atoms in total. The van der Waals surface area contributed by atoms with Crippen LogP contribution in [0.25, 0.3) is 22.6 Å². The number of likely N-dealkylation sites (N-methyl/N-ethyl adjacent to an activating group) is 1. The Kier molecular flexibility index (Phi) is 6.91. The van der Waals surface area contributed by atoms with E-state index in [-0.39, 0.29) is 5.82 Å². The van der Waals surface area contributed by atoms with Gasteiger partial charge < -0.3 is 14.8 Å². The van der Waals surface area contributed by atoms with Crippen molar-refractivity contribution in [1.29, 1.82) is 0 Å². The number of halogens is 1. The molecule has 0 radical (unpaired) electrons. The molecule has 196 valence electrons. The number of anilines is 1. The predicted octanol–water partition coefficient (Wildman–Crippen LogP) is 4.67. The van der Waals surface area contributed by atoms with E-state index in [1.165, 1.54) is 23.3 Å². The van der Waals surface area contributed by atoms with Crippen molar-refractivity contribution in [1.82, 2.24) is 29.3 Å². The van der Waals surface area contributed by atoms with Crippen LogP contribution in [0.2, 0.25) is 0 Å². The third-order valence-electron chi connectivity index (χ3n) is 7.59. The molecule has 38 heavy (non-hydrogen) atoms. The summed E-state index contributed by atoms with van der Waals surface area (Å²) in [6.45, 7) is 4.64. The number of aromatic nitrogens is 4. The number of aryl methyl sites for hydroxylation is 1. The molecule has 4 aromatic rings. The number of fused-ring (bicyclic) bond motifs is 2. The van der Waals surface area contributed by atoms with Crippen molar-refractivity contribution in [2.45, 2.75) is 31.8 Å². The molecule has 4 heterocycles. The lowest BCUT2D eigenvalue weighted by Gasteiger charge is -2.31. The van der Waals surface area contributed by atoms with Gasteiger partial charge in [-0.2, -0.15) is 0 Å². The molecular formula is C30H34FN7. The van der Waals surface area contributed by atoms with Crippen molar-refractivity contribution >= 4 is 5.95 Å². The molecule has 0 fully saturated rings. The lowest BCUT2D eigenvalue weighted by atomic mass is 9.99. The average Bonchev–Trinajstić information content (AvgIpc) is 3.49. The van der Waals surface area contributed by atoms with Gasteiger partial charge in [0.25, 0.3) is 0 Å². The maximum atomic E-state index is 13.8. The monoisotopic (exact) mass is 511 g/mol. The van der Waals surface area contributed by atoms with E-state index in [1.807, 2.05) is 32.3 Å². The highest BCUT2D eigenvalue weighted by Gasteiger charge is 2.32. The quantitative estimate of drug-likeness (QED) is 0.371. The zero-order valence-corrected chi connectivity index (χ0v) is 22.1. The number of nitrogens with one attached hydrogen (secondary N) is 1. The SMILES string of the molecule is CN(C)CCNc1nccc(-c2c(-c3ccc(F)cc3)nc3n2C(CN2CCc4ccccc4C2)CC3)n1. The summed E-state index contributed by atoms with van der Waals surface area (Å²) in [7, 11) is 4.09. The Balaban J connectivity index is 1.35. The largest absolute Gasteiger partial charge is 0.353 e. The summed E-state index contributed by atoms with van der Waals surface area (Å²) in [6, 6.07) is 17.7. The zero-order valence-electron chi connectivity index (χ0n) is 22.1. The van der Waals surface area contributed by atoms with E-state index in [4.69, 9.17) is 9.97 Å². The molecule has 1 atom stereocenters. The van der Waals surface area contributed by atoms with E-state index >= 15 is 0 Å². The molecule has 8 heteroatoms. The maximum Gasteiger partial charge on any atom is 0.223 e. The molecule has 2 aromatic heterocycles. The fourth-order valence-corrected chi connectivity index (χ4v) is 5.68. The Morgan fingerprint density at radius 3 is 2.63 bits per heavy atom. The van der Waals surface area contributed by atoms with Crippen LogP contribution in [-0.2, 0) is 19.4 Å². The van der Waals surface area contributed by atoms with Gasteiger partial charge in [-0.3, -0.25) is 4.90 Å². The van der Waals surface area contributed by atoms with Crippen LogP contribution in [0.1, 0.15) is 29.4 Å². The van der Waals surface area contributed by atoms with Crippen LogP contribution in [0.4, 0.5) is 10.3 Å². The zero-order chi connectivity index (χ0) is 26.1. The van der Waals surface area contributed by atoms with Gasteiger partial charge in [-0.25, -0.2) is 19.3 Å². The lowest BCUT2D eigenvalue weighted by Crippen LogP contribution is -2.34. The number of rotatable bonds is 8. The van der Waals surface area contributed by atoms with Crippen LogP contribution < -0.4 is 5.32 Å². The molecule has 0 aliphatic carbocycles. The van der Waals surface area contributed by atoms with Gasteiger partial charge in [-0.1, -0.05) is 24.3 Å². The molecule has 2 aliphatic rings. The van der Waals surface area contributed by atoms with E-state index in [2.05, 4.69) is 48.9 Å². The standard InChI is InChI=1S/C30H34FN7/c1-36(2)18-16-33-30-32-15-13-26(34-30)29-28(22-7-9-24(31)10-8-22)35-27-12-11-25(38(27)29)20-37-17-14-21-5-3-4-6-23(21)19-37/h3-10,13,15,25H,11-12,14,16-20H2,1-2H3,(H,32,33,34). The maximum absolute atomic E-state index is 13.8. The molecule has 0 saturated carbocycles. The first-order valence-electron chi connectivity index (χ1n) is 13.4. The first-order valence-corrected chi connectivity index (χ1v) is 13.4. The Hall–Kier alpha value is -3.62. The molecule has 1 N–H and O–H groups in total. The summed E-state index contributed by atoms with van der Waals surface area (Å²) in [5.41, 5.74) is 6.47. The van der Waals surface area contributed by atoms with E-state index in [1.54, 1.807) is 6.20 Å². The Morgan fingerprint density at radius 1 is 1.00 bits per heavy atom. The minimum atomic E-state index is -0.250. The molecule has 0 saturated heterocycles. The van der Waals surface area contributed by atoms with Gasteiger partial charge >= 0.3 is 0 Å². The highest BCUT2D eigenvalue weighted by atomic mass is 19.1. The van der Waals surface area contributed by atoms with E-state index in [9.17, 15) is 4.39 Å². The number of hydrogen-bond acceptors (Lipinski definition) is 6. The number of hydrogen-bond donors (Lipinski definition) is 1. The van der Waals surface area contributed by atoms with Gasteiger partial charge in [0.2, 0.25) is 5.95 Å². The Morgan fingerprint density at radius 2 is 1.82 bits per heavy atom. The smallest absolute Gasteiger partial charge is 0.223 e. The lowest BCUT2D eigenvalue weighted by molar-refractivity contribution is 0.218. The highest BCUT2D eigenvalue weighted by molar-refractivity contribution is 5.78. The molecule has 0 spiro atoms. The molecule has 2 aromatic carbocycles. The summed E-state index contributed by atoms with van der Waals surface area (Å²) < 4.78 is 16.2. The van der Waals surface area contributed by atoms with E-state index in [0.717, 1.165) is 80.5 Å². The Labute approximate surface area is 223 Å². The molecule has 0 amide bonds. The number of nitrogens with zero attached hydrogens (tertiary/aromatic N) is 6.